The van der Waals surface area contributed by atoms with E-state index in [1.54, 1.807) is 6.07 Å². The minimum atomic E-state index is -0.684. The maximum Gasteiger partial charge on any atom is 0.453 e. The van der Waals surface area contributed by atoms with E-state index >= 15 is 0 Å². The molecule has 0 aliphatic rings. The first-order chi connectivity index (χ1) is 9.17. The van der Waals surface area contributed by atoms with Gasteiger partial charge in [-0.25, -0.2) is 9.59 Å². The minimum absolute atomic E-state index is 0.202. The lowest BCUT2D eigenvalue weighted by Crippen LogP contribution is -2.30. The maximum absolute atomic E-state index is 11.9. The van der Waals surface area contributed by atoms with Gasteiger partial charge in [0.15, 0.2) is 5.58 Å². The van der Waals surface area contributed by atoms with Crippen LogP contribution in [-0.2, 0) is 4.79 Å². The number of hydrogen-bond donors (Lipinski definition) is 0. The number of aryl methyl sites for hydroxylation is 2. The zero-order valence-electron chi connectivity index (χ0n) is 12.4. The summed E-state index contributed by atoms with van der Waals surface area (Å²) in [5, 5.41) is 0. The first-order valence-electron chi connectivity index (χ1n) is 6.51. The molecule has 0 bridgehead atoms. The van der Waals surface area contributed by atoms with E-state index in [2.05, 4.69) is 0 Å². The third kappa shape index (κ3) is 2.92. The van der Waals surface area contributed by atoms with E-state index < -0.39 is 11.7 Å². The highest BCUT2D eigenvalue weighted by atomic mass is 16.7. The van der Waals surface area contributed by atoms with E-state index in [1.807, 2.05) is 40.7 Å². The van der Waals surface area contributed by atoms with Crippen molar-refractivity contribution in [3.63, 3.8) is 0 Å². The highest BCUT2D eigenvalue weighted by Crippen LogP contribution is 2.21. The number of carbonyl (C=O) groups is 1. The first-order valence-corrected chi connectivity index (χ1v) is 6.51. The van der Waals surface area contributed by atoms with Crippen molar-refractivity contribution in [3.05, 3.63) is 33.8 Å². The molecule has 0 aliphatic carbocycles. The molecule has 0 saturated heterocycles. The van der Waals surface area contributed by atoms with Gasteiger partial charge >= 0.3 is 11.7 Å². The Kier molecular flexibility index (Phi) is 3.46. The fourth-order valence-corrected chi connectivity index (χ4v) is 2.10. The molecule has 5 heteroatoms. The fourth-order valence-electron chi connectivity index (χ4n) is 2.10. The molecule has 2 rings (SSSR count). The lowest BCUT2D eigenvalue weighted by Gasteiger charge is -2.16. The van der Waals surface area contributed by atoms with Crippen LogP contribution in [0.15, 0.2) is 21.3 Å². The molecule has 1 aromatic heterocycles. The zero-order valence-corrected chi connectivity index (χ0v) is 12.4. The average molecular weight is 277 g/mol. The Morgan fingerprint density at radius 3 is 2.55 bits per heavy atom. The van der Waals surface area contributed by atoms with Crippen LogP contribution in [0.3, 0.4) is 0 Å². The third-order valence-corrected chi connectivity index (χ3v) is 2.84. The molecule has 0 N–H and O–H groups in total. The van der Waals surface area contributed by atoms with Crippen molar-refractivity contribution in [3.8, 4) is 0 Å². The van der Waals surface area contributed by atoms with Crippen LogP contribution in [0.2, 0.25) is 0 Å². The Morgan fingerprint density at radius 2 is 1.95 bits per heavy atom. The second kappa shape index (κ2) is 4.81. The van der Waals surface area contributed by atoms with Crippen LogP contribution in [0.25, 0.3) is 11.1 Å². The van der Waals surface area contributed by atoms with Crippen molar-refractivity contribution < 1.29 is 14.0 Å². The molecule has 0 saturated carbocycles. The number of carbonyl (C=O) groups excluding carboxylic acids is 1. The second-order valence-corrected chi connectivity index (χ2v) is 6.29. The van der Waals surface area contributed by atoms with Gasteiger partial charge in [-0.2, -0.15) is 0 Å². The van der Waals surface area contributed by atoms with Crippen LogP contribution in [0.1, 0.15) is 38.3 Å². The Bertz CT molecular complexity index is 716. The summed E-state index contributed by atoms with van der Waals surface area (Å²) in [7, 11) is 0. The van der Waals surface area contributed by atoms with Gasteiger partial charge in [0.25, 0.3) is 0 Å². The molecule has 1 heterocycles. The summed E-state index contributed by atoms with van der Waals surface area (Å²) in [4.78, 5) is 28.8. The fraction of sp³-hybridized carbons (Fsp3) is 0.467. The molecule has 0 spiro atoms. The number of fused-ring (bicyclic) bond motifs is 1. The maximum atomic E-state index is 11.9. The summed E-state index contributed by atoms with van der Waals surface area (Å²) in [6.45, 7) is 9.54. The predicted octanol–water partition coefficient (Wildman–Crippen LogP) is 2.60. The van der Waals surface area contributed by atoms with Crippen molar-refractivity contribution in [2.75, 3.05) is 0 Å². The SMILES string of the molecule is Cc1cc(C)c2oc(=O)n(OC(=O)CC(C)(C)C)c2c1. The standard InChI is InChI=1S/C15H19NO4/c1-9-6-10(2)13-11(7-9)16(14(18)19-13)20-12(17)8-15(3,4)5/h6-7H,8H2,1-5H3. The van der Waals surface area contributed by atoms with Crippen molar-refractivity contribution in [1.29, 1.82) is 0 Å². The van der Waals surface area contributed by atoms with E-state index in [0.29, 0.717) is 11.1 Å². The monoisotopic (exact) mass is 277 g/mol. The molecule has 108 valence electrons. The van der Waals surface area contributed by atoms with Gasteiger partial charge in [-0.15, -0.1) is 0 Å². The Hall–Kier alpha value is -2.04. The molecule has 0 fully saturated rings. The Labute approximate surface area is 117 Å². The topological polar surface area (TPSA) is 61.4 Å². The van der Waals surface area contributed by atoms with E-state index in [0.717, 1.165) is 15.9 Å². The van der Waals surface area contributed by atoms with Crippen LogP contribution < -0.4 is 10.6 Å². The van der Waals surface area contributed by atoms with Crippen LogP contribution >= 0.6 is 0 Å². The number of benzene rings is 1. The summed E-state index contributed by atoms with van der Waals surface area (Å²) in [6.07, 6.45) is 0.219. The van der Waals surface area contributed by atoms with Gasteiger partial charge in [0, 0.05) is 0 Å². The quantitative estimate of drug-likeness (QED) is 0.846. The van der Waals surface area contributed by atoms with Crippen molar-refractivity contribution in [2.45, 2.75) is 41.0 Å². The van der Waals surface area contributed by atoms with Gasteiger partial charge in [-0.1, -0.05) is 31.6 Å². The number of nitrogens with zero attached hydrogens (tertiary/aromatic N) is 1. The van der Waals surface area contributed by atoms with Gasteiger partial charge in [-0.05, 0) is 36.5 Å². The molecule has 20 heavy (non-hydrogen) atoms. The van der Waals surface area contributed by atoms with Gasteiger partial charge < -0.3 is 9.25 Å². The molecule has 1 aromatic carbocycles. The van der Waals surface area contributed by atoms with Crippen molar-refractivity contribution in [2.24, 2.45) is 5.41 Å². The molecule has 0 radical (unpaired) electrons. The Morgan fingerprint density at radius 1 is 1.30 bits per heavy atom. The summed E-state index contributed by atoms with van der Waals surface area (Å²) in [5.74, 6) is -1.14. The van der Waals surface area contributed by atoms with Gasteiger partial charge in [-0.3, -0.25) is 0 Å². The van der Waals surface area contributed by atoms with Crippen LogP contribution in [-0.4, -0.2) is 10.7 Å². The number of hydrogen-bond acceptors (Lipinski definition) is 4. The number of rotatable bonds is 2. The number of aromatic nitrogens is 1. The first kappa shape index (κ1) is 14.4. The molecular formula is C15H19NO4. The normalized spacial score (nSPS) is 11.8. The summed E-state index contributed by atoms with van der Waals surface area (Å²) in [5.41, 5.74) is 2.53. The lowest BCUT2D eigenvalue weighted by atomic mass is 9.93. The highest BCUT2D eigenvalue weighted by Gasteiger charge is 2.21. The highest BCUT2D eigenvalue weighted by molar-refractivity contribution is 5.78. The van der Waals surface area contributed by atoms with E-state index in [-0.39, 0.29) is 11.8 Å². The third-order valence-electron chi connectivity index (χ3n) is 2.84. The smallest absolute Gasteiger partial charge is 0.405 e. The Balaban J connectivity index is 2.42. The molecule has 0 atom stereocenters. The molecule has 2 aromatic rings. The molecular weight excluding hydrogens is 258 g/mol. The van der Waals surface area contributed by atoms with E-state index in [9.17, 15) is 9.59 Å². The van der Waals surface area contributed by atoms with Gasteiger partial charge in [0.1, 0.15) is 5.52 Å². The zero-order chi connectivity index (χ0) is 15.1. The second-order valence-electron chi connectivity index (χ2n) is 6.29. The van der Waals surface area contributed by atoms with Crippen LogP contribution in [0, 0.1) is 19.3 Å². The van der Waals surface area contributed by atoms with Gasteiger partial charge in [0.05, 0.1) is 6.42 Å². The summed E-state index contributed by atoms with van der Waals surface area (Å²) in [6, 6.07) is 3.67. The summed E-state index contributed by atoms with van der Waals surface area (Å²) < 4.78 is 6.08. The van der Waals surface area contributed by atoms with Crippen molar-refractivity contribution in [1.82, 2.24) is 4.73 Å². The average Bonchev–Trinajstić information content (AvgIpc) is 2.54. The molecule has 0 amide bonds. The van der Waals surface area contributed by atoms with E-state index in [4.69, 9.17) is 9.25 Å². The largest absolute Gasteiger partial charge is 0.453 e. The lowest BCUT2D eigenvalue weighted by molar-refractivity contribution is -0.146. The molecule has 0 aliphatic heterocycles. The minimum Gasteiger partial charge on any atom is -0.405 e. The van der Waals surface area contributed by atoms with E-state index in [1.165, 1.54) is 0 Å². The number of oxazole rings is 1. The molecule has 0 unspecified atom stereocenters. The van der Waals surface area contributed by atoms with Crippen LogP contribution in [0.4, 0.5) is 0 Å². The molecule has 5 nitrogen and oxygen atoms in total. The van der Waals surface area contributed by atoms with Crippen molar-refractivity contribution >= 4 is 17.1 Å². The van der Waals surface area contributed by atoms with Gasteiger partial charge in [0.2, 0.25) is 0 Å². The van der Waals surface area contributed by atoms with Crippen LogP contribution in [0.5, 0.6) is 0 Å². The predicted molar refractivity (Wildman–Crippen MR) is 75.6 cm³/mol. The summed E-state index contributed by atoms with van der Waals surface area (Å²) >= 11 is 0.